The number of urea groups is 1. The van der Waals surface area contributed by atoms with E-state index in [-0.39, 0.29) is 5.91 Å². The smallest absolute Gasteiger partial charge is 0.277 e. The topological polar surface area (TPSA) is 66.5 Å². The van der Waals surface area contributed by atoms with E-state index in [0.29, 0.717) is 12.3 Å². The lowest BCUT2D eigenvalue weighted by Crippen LogP contribution is -2.56. The van der Waals surface area contributed by atoms with Crippen LogP contribution in [0, 0.1) is 11.8 Å². The second-order valence-corrected chi connectivity index (χ2v) is 5.34. The highest BCUT2D eigenvalue weighted by Crippen LogP contribution is 2.29. The molecule has 1 unspecified atom stereocenters. The van der Waals surface area contributed by atoms with Gasteiger partial charge in [0.05, 0.1) is 0 Å². The van der Waals surface area contributed by atoms with Gasteiger partial charge in [0.25, 0.3) is 0 Å². The molecule has 0 aromatic carbocycles. The van der Waals surface area contributed by atoms with Crippen molar-refractivity contribution < 1.29 is 14.4 Å². The van der Waals surface area contributed by atoms with Crippen LogP contribution >= 0.6 is 0 Å². The molecule has 5 nitrogen and oxygen atoms in total. The van der Waals surface area contributed by atoms with Gasteiger partial charge in [-0.15, -0.1) is 0 Å². The summed E-state index contributed by atoms with van der Waals surface area (Å²) in [5.74, 6) is -1.01. The van der Waals surface area contributed by atoms with E-state index in [0.717, 1.165) is 17.7 Å². The van der Waals surface area contributed by atoms with Crippen molar-refractivity contribution in [3.63, 3.8) is 0 Å². The van der Waals surface area contributed by atoms with E-state index in [1.807, 2.05) is 0 Å². The number of rotatable bonds is 2. The molecule has 1 saturated heterocycles. The molecule has 0 aromatic rings. The molecule has 1 aliphatic carbocycles. The summed E-state index contributed by atoms with van der Waals surface area (Å²) in [7, 11) is 1.42. The maximum atomic E-state index is 12.0. The molecule has 2 fully saturated rings. The molecule has 4 amide bonds. The van der Waals surface area contributed by atoms with Gasteiger partial charge in [0.1, 0.15) is 5.92 Å². The third-order valence-electron chi connectivity index (χ3n) is 4.02. The molecule has 5 heteroatoms. The zero-order valence-electron chi connectivity index (χ0n) is 10.8. The molecule has 0 bridgehead atoms. The zero-order valence-corrected chi connectivity index (χ0v) is 10.8. The maximum Gasteiger partial charge on any atom is 0.330 e. The summed E-state index contributed by atoms with van der Waals surface area (Å²) < 4.78 is 0. The van der Waals surface area contributed by atoms with Crippen LogP contribution < -0.4 is 5.32 Å². The summed E-state index contributed by atoms with van der Waals surface area (Å²) in [4.78, 5) is 36.0. The predicted octanol–water partition coefficient (Wildman–Crippen LogP) is 1.67. The van der Waals surface area contributed by atoms with Crippen molar-refractivity contribution >= 4 is 17.8 Å². The van der Waals surface area contributed by atoms with Crippen molar-refractivity contribution in [2.24, 2.45) is 11.8 Å². The van der Waals surface area contributed by atoms with E-state index >= 15 is 0 Å². The van der Waals surface area contributed by atoms with Crippen LogP contribution in [-0.4, -0.2) is 29.8 Å². The number of amides is 4. The molecule has 1 aliphatic heterocycles. The Morgan fingerprint density at radius 3 is 2.33 bits per heavy atom. The first-order valence-corrected chi connectivity index (χ1v) is 6.72. The Bertz CT molecular complexity index is 359. The molecule has 1 N–H and O–H groups in total. The second kappa shape index (κ2) is 5.50. The fourth-order valence-electron chi connectivity index (χ4n) is 2.86. The predicted molar refractivity (Wildman–Crippen MR) is 65.6 cm³/mol. The normalized spacial score (nSPS) is 27.1. The van der Waals surface area contributed by atoms with Gasteiger partial charge < -0.3 is 0 Å². The van der Waals surface area contributed by atoms with Gasteiger partial charge in [-0.3, -0.25) is 19.8 Å². The van der Waals surface area contributed by atoms with E-state index < -0.39 is 17.9 Å². The first kappa shape index (κ1) is 13.1. The summed E-state index contributed by atoms with van der Waals surface area (Å²) in [6.07, 6.45) is 7.63. The highest BCUT2D eigenvalue weighted by molar-refractivity contribution is 6.15. The summed E-state index contributed by atoms with van der Waals surface area (Å²) in [6.45, 7) is 0. The van der Waals surface area contributed by atoms with Crippen molar-refractivity contribution in [2.75, 3.05) is 7.05 Å². The van der Waals surface area contributed by atoms with Crippen LogP contribution in [0.2, 0.25) is 0 Å². The largest absolute Gasteiger partial charge is 0.330 e. The standard InChI is InChI=1S/C13H20N2O3/c1-15-12(17)10(11(16)14-13(15)18)8-9-6-4-2-3-5-7-9/h9-10H,2-8H2,1H3,(H,14,16,18). The molecule has 100 valence electrons. The monoisotopic (exact) mass is 252 g/mol. The van der Waals surface area contributed by atoms with Crippen LogP contribution in [0.15, 0.2) is 0 Å². The zero-order chi connectivity index (χ0) is 13.1. The van der Waals surface area contributed by atoms with Crippen LogP contribution in [0.4, 0.5) is 4.79 Å². The first-order chi connectivity index (χ1) is 8.59. The fraction of sp³-hybridized carbons (Fsp3) is 0.769. The number of carbonyl (C=O) groups excluding carboxylic acids is 3. The van der Waals surface area contributed by atoms with Crippen molar-refractivity contribution in [1.29, 1.82) is 0 Å². The Hall–Kier alpha value is -1.39. The van der Waals surface area contributed by atoms with E-state index in [9.17, 15) is 14.4 Å². The molecule has 1 saturated carbocycles. The molecule has 0 spiro atoms. The highest BCUT2D eigenvalue weighted by Gasteiger charge is 2.39. The Balaban J connectivity index is 2.00. The Labute approximate surface area is 107 Å². The van der Waals surface area contributed by atoms with Crippen LogP contribution in [0.5, 0.6) is 0 Å². The van der Waals surface area contributed by atoms with E-state index in [1.165, 1.54) is 32.7 Å². The Morgan fingerprint density at radius 2 is 1.72 bits per heavy atom. The van der Waals surface area contributed by atoms with Crippen molar-refractivity contribution in [1.82, 2.24) is 10.2 Å². The minimum atomic E-state index is -0.671. The number of barbiturate groups is 1. The summed E-state index contributed by atoms with van der Waals surface area (Å²) >= 11 is 0. The third kappa shape index (κ3) is 2.71. The molecular formula is C13H20N2O3. The summed E-state index contributed by atoms with van der Waals surface area (Å²) in [5.41, 5.74) is 0. The number of carbonyl (C=O) groups is 3. The number of nitrogens with zero attached hydrogens (tertiary/aromatic N) is 1. The fourth-order valence-corrected chi connectivity index (χ4v) is 2.86. The van der Waals surface area contributed by atoms with Crippen molar-refractivity contribution in [3.8, 4) is 0 Å². The molecule has 0 aromatic heterocycles. The van der Waals surface area contributed by atoms with Gasteiger partial charge in [0, 0.05) is 7.05 Å². The van der Waals surface area contributed by atoms with Crippen molar-refractivity contribution in [2.45, 2.75) is 44.9 Å². The van der Waals surface area contributed by atoms with Gasteiger partial charge in [-0.05, 0) is 12.3 Å². The van der Waals surface area contributed by atoms with Gasteiger partial charge >= 0.3 is 6.03 Å². The van der Waals surface area contributed by atoms with Crippen LogP contribution in [0.3, 0.4) is 0 Å². The average molecular weight is 252 g/mol. The van der Waals surface area contributed by atoms with Gasteiger partial charge in [0.2, 0.25) is 11.8 Å². The van der Waals surface area contributed by atoms with Crippen molar-refractivity contribution in [3.05, 3.63) is 0 Å². The summed E-state index contributed by atoms with van der Waals surface area (Å²) in [6, 6.07) is -0.609. The van der Waals surface area contributed by atoms with E-state index in [2.05, 4.69) is 5.32 Å². The van der Waals surface area contributed by atoms with Crippen LogP contribution in [0.1, 0.15) is 44.9 Å². The van der Waals surface area contributed by atoms with Gasteiger partial charge in [-0.25, -0.2) is 4.79 Å². The highest BCUT2D eigenvalue weighted by atomic mass is 16.2. The molecule has 0 radical (unpaired) electrons. The van der Waals surface area contributed by atoms with E-state index in [1.54, 1.807) is 0 Å². The summed E-state index contributed by atoms with van der Waals surface area (Å²) in [5, 5.41) is 2.24. The quantitative estimate of drug-likeness (QED) is 0.600. The third-order valence-corrected chi connectivity index (χ3v) is 4.02. The number of hydrogen-bond donors (Lipinski definition) is 1. The molecule has 18 heavy (non-hydrogen) atoms. The van der Waals surface area contributed by atoms with Crippen LogP contribution in [0.25, 0.3) is 0 Å². The van der Waals surface area contributed by atoms with E-state index in [4.69, 9.17) is 0 Å². The Kier molecular flexibility index (Phi) is 3.99. The molecule has 1 atom stereocenters. The van der Waals surface area contributed by atoms with Gasteiger partial charge in [0.15, 0.2) is 0 Å². The van der Waals surface area contributed by atoms with Crippen LogP contribution in [-0.2, 0) is 9.59 Å². The lowest BCUT2D eigenvalue weighted by Gasteiger charge is -2.29. The maximum absolute atomic E-state index is 12.0. The second-order valence-electron chi connectivity index (χ2n) is 5.34. The first-order valence-electron chi connectivity index (χ1n) is 6.72. The number of imide groups is 2. The minimum Gasteiger partial charge on any atom is -0.277 e. The number of hydrogen-bond acceptors (Lipinski definition) is 3. The van der Waals surface area contributed by atoms with Gasteiger partial charge in [-0.2, -0.15) is 0 Å². The number of nitrogens with one attached hydrogen (secondary N) is 1. The molecular weight excluding hydrogens is 232 g/mol. The SMILES string of the molecule is CN1C(=O)NC(=O)C(CC2CCCCCC2)C1=O. The minimum absolute atomic E-state index is 0.354. The molecule has 2 aliphatic rings. The molecule has 2 rings (SSSR count). The Morgan fingerprint density at radius 1 is 1.11 bits per heavy atom. The van der Waals surface area contributed by atoms with Gasteiger partial charge in [-0.1, -0.05) is 38.5 Å². The lowest BCUT2D eigenvalue weighted by molar-refractivity contribution is -0.142. The lowest BCUT2D eigenvalue weighted by atomic mass is 9.87. The average Bonchev–Trinajstić information content (AvgIpc) is 2.60. The molecule has 1 heterocycles.